The van der Waals surface area contributed by atoms with Crippen LogP contribution in [-0.2, 0) is 0 Å². The molecule has 1 aliphatic rings. The molecule has 1 atom stereocenters. The van der Waals surface area contributed by atoms with Crippen LogP contribution < -0.4 is 9.55 Å². The van der Waals surface area contributed by atoms with Gasteiger partial charge in [0.15, 0.2) is 0 Å². The molecular weight excluding hydrogens is 401 g/mol. The minimum Gasteiger partial charge on any atom is -1.00 e. The molecule has 3 heterocycles. The van der Waals surface area contributed by atoms with Gasteiger partial charge in [-0.05, 0) is 39.1 Å². The molecule has 0 bridgehead atoms. The van der Waals surface area contributed by atoms with Crippen molar-refractivity contribution in [1.82, 2.24) is 24.7 Å². The molecule has 7 nitrogen and oxygen atoms in total. The van der Waals surface area contributed by atoms with E-state index < -0.39 is 8.16 Å². The molecule has 0 radical (unpaired) electrons. The fourth-order valence-electron chi connectivity index (χ4n) is 2.91. The number of aromatic nitrogens is 4. The molecule has 0 saturated carbocycles. The zero-order valence-corrected chi connectivity index (χ0v) is 15.5. The van der Waals surface area contributed by atoms with Crippen molar-refractivity contribution in [2.24, 2.45) is 0 Å². The molecule has 3 rings (SSSR count). The van der Waals surface area contributed by atoms with Gasteiger partial charge in [0, 0.05) is 18.3 Å². The number of fused-ring (bicyclic) bond motifs is 1. The molecule has 0 aliphatic carbocycles. The van der Waals surface area contributed by atoms with Crippen LogP contribution in [0.25, 0.3) is 11.2 Å². The molecule has 14 heteroatoms. The van der Waals surface area contributed by atoms with E-state index in [0.29, 0.717) is 10.5 Å². The van der Waals surface area contributed by atoms with E-state index in [2.05, 4.69) is 20.0 Å². The summed E-state index contributed by atoms with van der Waals surface area (Å²) in [5.74, 6) is 0. The van der Waals surface area contributed by atoms with Crippen LogP contribution in [0.3, 0.4) is 0 Å². The third-order valence-corrected chi connectivity index (χ3v) is 3.77. The van der Waals surface area contributed by atoms with Gasteiger partial charge in [0.2, 0.25) is 11.8 Å². The van der Waals surface area contributed by atoms with Gasteiger partial charge in [0.25, 0.3) is 0 Å². The molecule has 2 aromatic heterocycles. The summed E-state index contributed by atoms with van der Waals surface area (Å²) in [5, 5.41) is 16.0. The first kappa shape index (κ1) is 23.3. The van der Waals surface area contributed by atoms with Gasteiger partial charge in [0.05, 0.1) is 0 Å². The van der Waals surface area contributed by atoms with Crippen molar-refractivity contribution in [2.75, 3.05) is 27.2 Å². The average Bonchev–Trinajstić information content (AvgIpc) is 2.83. The first-order chi connectivity index (χ1) is 11.9. The number of halogens is 6. The standard InChI is InChI=1S/C13H20N6O.F5P.FH/c1-16(2)13(17-9-4-3-5-10-17)18-11-7-6-8-14-12(11)19(20)15-18;1-6(2,3,4)5;/h6-8,13H,3-5,9-10H2,1-2H3;;1H/p-1. The summed E-state index contributed by atoms with van der Waals surface area (Å²) >= 11 is 0. The number of hydrogen-bond acceptors (Lipinski definition) is 5. The van der Waals surface area contributed by atoms with Gasteiger partial charge in [-0.1, -0.05) is 6.42 Å². The Labute approximate surface area is 151 Å². The molecule has 2 aromatic rings. The second-order valence-corrected chi connectivity index (χ2v) is 7.38. The molecule has 0 amide bonds. The van der Waals surface area contributed by atoms with Crippen LogP contribution in [0.1, 0.15) is 25.6 Å². The van der Waals surface area contributed by atoms with E-state index in [0.717, 1.165) is 18.6 Å². The Hall–Kier alpha value is -1.72. The zero-order chi connectivity index (χ0) is 19.6. The Kier molecular flexibility index (Phi) is 7.37. The number of pyridine rings is 1. The van der Waals surface area contributed by atoms with Gasteiger partial charge in [-0.2, -0.15) is 0 Å². The topological polar surface area (TPSA) is 64.1 Å². The minimum absolute atomic E-state index is 0. The summed E-state index contributed by atoms with van der Waals surface area (Å²) < 4.78 is 51.0. The molecule has 1 fully saturated rings. The molecule has 1 aliphatic heterocycles. The van der Waals surface area contributed by atoms with E-state index >= 15 is 0 Å². The number of piperidine rings is 1. The Bertz CT molecular complexity index is 729. The van der Waals surface area contributed by atoms with Gasteiger partial charge < -0.3 is 9.91 Å². The van der Waals surface area contributed by atoms with E-state index in [9.17, 15) is 26.2 Å². The fraction of sp³-hybridized carbons (Fsp3) is 0.615. The van der Waals surface area contributed by atoms with Gasteiger partial charge in [-0.15, -0.1) is 14.5 Å². The average molecular weight is 421 g/mol. The summed E-state index contributed by atoms with van der Waals surface area (Å²) in [6.45, 7) is 2.06. The van der Waals surface area contributed by atoms with Crippen molar-refractivity contribution in [3.8, 4) is 0 Å². The van der Waals surface area contributed by atoms with Crippen LogP contribution in [0.4, 0.5) is 21.0 Å². The molecule has 27 heavy (non-hydrogen) atoms. The molecular formula is C13H20F6N6OP-. The van der Waals surface area contributed by atoms with Crippen LogP contribution >= 0.6 is 8.16 Å². The van der Waals surface area contributed by atoms with E-state index in [1.807, 2.05) is 26.2 Å². The minimum atomic E-state index is -8.55. The van der Waals surface area contributed by atoms with Crippen molar-refractivity contribution >= 4 is 19.3 Å². The molecule has 0 spiro atoms. The molecule has 0 aromatic carbocycles. The van der Waals surface area contributed by atoms with Gasteiger partial charge in [0.1, 0.15) is 6.20 Å². The van der Waals surface area contributed by atoms with Crippen molar-refractivity contribution in [1.29, 1.82) is 0 Å². The first-order valence-electron chi connectivity index (χ1n) is 7.86. The summed E-state index contributed by atoms with van der Waals surface area (Å²) in [5.41, 5.74) is 1.14. The van der Waals surface area contributed by atoms with Crippen LogP contribution in [0.15, 0.2) is 18.3 Å². The maximum atomic E-state index is 11.9. The van der Waals surface area contributed by atoms with E-state index in [-0.39, 0.29) is 11.0 Å². The summed E-state index contributed by atoms with van der Waals surface area (Å²) in [6, 6.07) is 3.73. The van der Waals surface area contributed by atoms with Crippen molar-refractivity contribution in [3.05, 3.63) is 23.5 Å². The number of likely N-dealkylation sites (tertiary alicyclic amines) is 1. The summed E-state index contributed by atoms with van der Waals surface area (Å²) in [4.78, 5) is 9.18. The van der Waals surface area contributed by atoms with Crippen LogP contribution in [0.5, 0.6) is 0 Å². The van der Waals surface area contributed by atoms with Gasteiger partial charge in [-0.3, -0.25) is 9.80 Å². The predicted molar refractivity (Wildman–Crippen MR) is 87.1 cm³/mol. The van der Waals surface area contributed by atoms with E-state index in [1.165, 1.54) is 19.3 Å². The second kappa shape index (κ2) is 8.53. The zero-order valence-electron chi connectivity index (χ0n) is 14.7. The third-order valence-electron chi connectivity index (χ3n) is 3.77. The van der Waals surface area contributed by atoms with Crippen LogP contribution in [0.2, 0.25) is 0 Å². The maximum Gasteiger partial charge on any atom is -1.00 e. The van der Waals surface area contributed by atoms with E-state index in [1.54, 1.807) is 10.9 Å². The Morgan fingerprint density at radius 2 is 1.70 bits per heavy atom. The van der Waals surface area contributed by atoms with Gasteiger partial charge in [-0.25, -0.2) is 0 Å². The van der Waals surface area contributed by atoms with Gasteiger partial charge >= 0.3 is 34.8 Å². The molecule has 1 unspecified atom stereocenters. The van der Waals surface area contributed by atoms with Crippen LogP contribution in [0, 0.1) is 5.21 Å². The van der Waals surface area contributed by atoms with Crippen molar-refractivity contribution < 1.29 is 30.5 Å². The number of hydrogen-bond donors (Lipinski definition) is 0. The van der Waals surface area contributed by atoms with Crippen molar-refractivity contribution in [2.45, 2.75) is 25.6 Å². The fourth-order valence-corrected chi connectivity index (χ4v) is 2.91. The largest absolute Gasteiger partial charge is 1.00 e. The smallest absolute Gasteiger partial charge is 1.00 e. The quantitative estimate of drug-likeness (QED) is 0.313. The monoisotopic (exact) mass is 421 g/mol. The van der Waals surface area contributed by atoms with E-state index in [4.69, 9.17) is 0 Å². The first-order valence-corrected chi connectivity index (χ1v) is 9.55. The summed E-state index contributed by atoms with van der Waals surface area (Å²) in [6.07, 6.45) is 5.24. The third kappa shape index (κ3) is 7.07. The predicted octanol–water partition coefficient (Wildman–Crippen LogP) is 0.535. The second-order valence-electron chi connectivity index (χ2n) is 6.10. The molecule has 156 valence electrons. The van der Waals surface area contributed by atoms with Crippen molar-refractivity contribution in [3.63, 3.8) is 0 Å². The Morgan fingerprint density at radius 1 is 1.15 bits per heavy atom. The van der Waals surface area contributed by atoms with Crippen LogP contribution in [-0.4, -0.2) is 51.9 Å². The molecule has 1 saturated heterocycles. The SMILES string of the molecule is CN(C)C(N1CCCCC1)n1n[n+]([O-])c2ncccc21.FP(F)(F)(F)F.[F-]. The maximum absolute atomic E-state index is 11.9. The Balaban J connectivity index is 0.000000456. The number of rotatable bonds is 3. The number of nitrogens with zero attached hydrogens (tertiary/aromatic N) is 6. The molecule has 0 N–H and O–H groups in total. The summed E-state index contributed by atoms with van der Waals surface area (Å²) in [7, 11) is -4.53. The Morgan fingerprint density at radius 3 is 2.22 bits per heavy atom. The normalized spacial score (nSPS) is 18.1.